The van der Waals surface area contributed by atoms with Gasteiger partial charge in [0.25, 0.3) is 0 Å². The Morgan fingerprint density at radius 3 is 2.80 bits per heavy atom. The van der Waals surface area contributed by atoms with E-state index in [1.54, 1.807) is 0 Å². The Labute approximate surface area is 119 Å². The fourth-order valence-corrected chi connectivity index (χ4v) is 2.07. The van der Waals surface area contributed by atoms with Gasteiger partial charge in [-0.15, -0.1) is 0 Å². The SMILES string of the molecule is NC1COCC1C(=O)Nc1ccc(OC(F)F)c(Cl)c1. The van der Waals surface area contributed by atoms with Gasteiger partial charge in [-0.2, -0.15) is 8.78 Å². The van der Waals surface area contributed by atoms with E-state index in [0.717, 1.165) is 0 Å². The maximum atomic E-state index is 12.1. The molecule has 3 N–H and O–H groups in total. The maximum Gasteiger partial charge on any atom is 0.387 e. The number of amides is 1. The molecule has 0 saturated carbocycles. The molecule has 20 heavy (non-hydrogen) atoms. The van der Waals surface area contributed by atoms with Crippen LogP contribution in [0.1, 0.15) is 0 Å². The molecule has 0 aromatic heterocycles. The highest BCUT2D eigenvalue weighted by Gasteiger charge is 2.31. The summed E-state index contributed by atoms with van der Waals surface area (Å²) in [5.41, 5.74) is 6.10. The van der Waals surface area contributed by atoms with Crippen LogP contribution in [0.2, 0.25) is 5.02 Å². The molecule has 0 spiro atoms. The fourth-order valence-electron chi connectivity index (χ4n) is 1.85. The number of rotatable bonds is 4. The second kappa shape index (κ2) is 6.34. The zero-order valence-corrected chi connectivity index (χ0v) is 11.1. The highest BCUT2D eigenvalue weighted by atomic mass is 35.5. The van der Waals surface area contributed by atoms with E-state index < -0.39 is 12.5 Å². The molecular weight excluding hydrogens is 294 g/mol. The second-order valence-electron chi connectivity index (χ2n) is 4.32. The van der Waals surface area contributed by atoms with Crippen molar-refractivity contribution in [2.24, 2.45) is 11.7 Å². The van der Waals surface area contributed by atoms with Crippen molar-refractivity contribution in [1.82, 2.24) is 0 Å². The van der Waals surface area contributed by atoms with Crippen molar-refractivity contribution in [3.8, 4) is 5.75 Å². The van der Waals surface area contributed by atoms with E-state index in [2.05, 4.69) is 10.1 Å². The van der Waals surface area contributed by atoms with Crippen LogP contribution in [0.3, 0.4) is 0 Å². The smallest absolute Gasteiger partial charge is 0.387 e. The first-order valence-corrected chi connectivity index (χ1v) is 6.23. The molecule has 0 radical (unpaired) electrons. The van der Waals surface area contributed by atoms with Crippen LogP contribution < -0.4 is 15.8 Å². The van der Waals surface area contributed by atoms with E-state index >= 15 is 0 Å². The van der Waals surface area contributed by atoms with Crippen molar-refractivity contribution in [2.45, 2.75) is 12.7 Å². The summed E-state index contributed by atoms with van der Waals surface area (Å²) in [7, 11) is 0. The number of carbonyl (C=O) groups excluding carboxylic acids is 1. The molecule has 0 aliphatic carbocycles. The summed E-state index contributed by atoms with van der Waals surface area (Å²) in [6.45, 7) is -2.37. The van der Waals surface area contributed by atoms with Gasteiger partial charge in [-0.3, -0.25) is 4.79 Å². The average Bonchev–Trinajstić information content (AvgIpc) is 2.78. The van der Waals surface area contributed by atoms with Crippen LogP contribution in [0.15, 0.2) is 18.2 Å². The van der Waals surface area contributed by atoms with Crippen molar-refractivity contribution in [3.05, 3.63) is 23.2 Å². The number of hydrogen-bond donors (Lipinski definition) is 2. The van der Waals surface area contributed by atoms with Gasteiger partial charge in [0.15, 0.2) is 0 Å². The summed E-state index contributed by atoms with van der Waals surface area (Å²) in [5, 5.41) is 2.59. The molecule has 0 bridgehead atoms. The van der Waals surface area contributed by atoms with E-state index in [4.69, 9.17) is 22.1 Å². The average molecular weight is 307 g/mol. The van der Waals surface area contributed by atoms with Crippen molar-refractivity contribution in [1.29, 1.82) is 0 Å². The molecule has 110 valence electrons. The largest absolute Gasteiger partial charge is 0.433 e. The van der Waals surface area contributed by atoms with E-state index in [1.807, 2.05) is 0 Å². The summed E-state index contributed by atoms with van der Waals surface area (Å²) in [5.74, 6) is -0.889. The number of nitrogens with one attached hydrogen (secondary N) is 1. The number of hydrogen-bond acceptors (Lipinski definition) is 4. The fraction of sp³-hybridized carbons (Fsp3) is 0.417. The number of anilines is 1. The maximum absolute atomic E-state index is 12.1. The molecule has 2 unspecified atom stereocenters. The highest BCUT2D eigenvalue weighted by Crippen LogP contribution is 2.29. The van der Waals surface area contributed by atoms with Crippen LogP contribution in [0.5, 0.6) is 5.75 Å². The lowest BCUT2D eigenvalue weighted by molar-refractivity contribution is -0.120. The number of ether oxygens (including phenoxy) is 2. The van der Waals surface area contributed by atoms with Crippen molar-refractivity contribution < 1.29 is 23.0 Å². The lowest BCUT2D eigenvalue weighted by Gasteiger charge is -2.14. The molecule has 1 aliphatic rings. The van der Waals surface area contributed by atoms with Gasteiger partial charge >= 0.3 is 6.61 Å². The molecule has 1 aliphatic heterocycles. The predicted molar refractivity (Wildman–Crippen MR) is 69.0 cm³/mol. The van der Waals surface area contributed by atoms with Crippen LogP contribution in [-0.2, 0) is 9.53 Å². The van der Waals surface area contributed by atoms with Gasteiger partial charge < -0.3 is 20.5 Å². The standard InChI is InChI=1S/C12H13ClF2N2O3/c13-8-3-6(1-2-10(8)20-12(14)15)17-11(18)7-4-19-5-9(7)16/h1-3,7,9,12H,4-5,16H2,(H,17,18). The van der Waals surface area contributed by atoms with Crippen LogP contribution in [0.25, 0.3) is 0 Å². The predicted octanol–water partition coefficient (Wildman–Crippen LogP) is 1.85. The van der Waals surface area contributed by atoms with Gasteiger partial charge in [0.1, 0.15) is 5.75 Å². The summed E-state index contributed by atoms with van der Waals surface area (Å²) < 4.78 is 33.5. The summed E-state index contributed by atoms with van der Waals surface area (Å²) in [4.78, 5) is 11.9. The molecule has 1 amide bonds. The van der Waals surface area contributed by atoms with Crippen LogP contribution in [0.4, 0.5) is 14.5 Å². The van der Waals surface area contributed by atoms with E-state index in [0.29, 0.717) is 12.3 Å². The molecule has 1 fully saturated rings. The monoisotopic (exact) mass is 306 g/mol. The van der Waals surface area contributed by atoms with Gasteiger partial charge in [-0.25, -0.2) is 0 Å². The van der Waals surface area contributed by atoms with Gasteiger partial charge in [-0.1, -0.05) is 11.6 Å². The third-order valence-corrected chi connectivity index (χ3v) is 3.17. The third-order valence-electron chi connectivity index (χ3n) is 2.88. The number of halogens is 3. The Bertz CT molecular complexity index is 502. The van der Waals surface area contributed by atoms with E-state index in [9.17, 15) is 13.6 Å². The molecule has 1 aromatic rings. The Balaban J connectivity index is 2.03. The number of carbonyl (C=O) groups is 1. The molecule has 1 heterocycles. The lowest BCUT2D eigenvalue weighted by Crippen LogP contribution is -2.37. The lowest BCUT2D eigenvalue weighted by atomic mass is 10.0. The number of benzene rings is 1. The van der Waals surface area contributed by atoms with Gasteiger partial charge in [0.05, 0.1) is 24.2 Å². The number of alkyl halides is 2. The van der Waals surface area contributed by atoms with Gasteiger partial charge in [-0.05, 0) is 18.2 Å². The van der Waals surface area contributed by atoms with Crippen LogP contribution >= 0.6 is 11.6 Å². The van der Waals surface area contributed by atoms with Gasteiger partial charge in [0, 0.05) is 11.7 Å². The second-order valence-corrected chi connectivity index (χ2v) is 4.73. The van der Waals surface area contributed by atoms with Crippen LogP contribution in [0, 0.1) is 5.92 Å². The Morgan fingerprint density at radius 1 is 1.50 bits per heavy atom. The zero-order valence-electron chi connectivity index (χ0n) is 10.3. The van der Waals surface area contributed by atoms with Crippen molar-refractivity contribution in [2.75, 3.05) is 18.5 Å². The number of nitrogens with two attached hydrogens (primary N) is 1. The summed E-state index contributed by atoms with van der Waals surface area (Å²) in [6.07, 6.45) is 0. The first-order valence-electron chi connectivity index (χ1n) is 5.86. The minimum Gasteiger partial charge on any atom is -0.433 e. The quantitative estimate of drug-likeness (QED) is 0.890. The van der Waals surface area contributed by atoms with E-state index in [-0.39, 0.29) is 29.3 Å². The minimum absolute atomic E-state index is 0.0185. The van der Waals surface area contributed by atoms with Crippen LogP contribution in [-0.4, -0.2) is 31.8 Å². The topological polar surface area (TPSA) is 73.6 Å². The zero-order chi connectivity index (χ0) is 14.7. The third kappa shape index (κ3) is 3.56. The van der Waals surface area contributed by atoms with Crippen molar-refractivity contribution in [3.63, 3.8) is 0 Å². The van der Waals surface area contributed by atoms with Gasteiger partial charge in [0.2, 0.25) is 5.91 Å². The molecule has 8 heteroatoms. The molecule has 1 saturated heterocycles. The first kappa shape index (κ1) is 15.0. The molecule has 1 aromatic carbocycles. The van der Waals surface area contributed by atoms with Crippen molar-refractivity contribution >= 4 is 23.2 Å². The normalized spacial score (nSPS) is 22.1. The summed E-state index contributed by atoms with van der Waals surface area (Å²) >= 11 is 5.79. The Hall–Kier alpha value is -1.44. The molecule has 2 rings (SSSR count). The molecule has 2 atom stereocenters. The van der Waals surface area contributed by atoms with E-state index in [1.165, 1.54) is 18.2 Å². The molecule has 5 nitrogen and oxygen atoms in total. The summed E-state index contributed by atoms with van der Waals surface area (Å²) in [6, 6.07) is 3.66. The first-order chi connectivity index (χ1) is 9.47. The minimum atomic E-state index is -2.96. The Morgan fingerprint density at radius 2 is 2.25 bits per heavy atom. The highest BCUT2D eigenvalue weighted by molar-refractivity contribution is 6.32. The molecular formula is C12H13ClF2N2O3. The Kier molecular flexibility index (Phi) is 4.74.